The first-order valence-electron chi connectivity index (χ1n) is 11.3. The van der Waals surface area contributed by atoms with Crippen molar-refractivity contribution in [3.63, 3.8) is 0 Å². The van der Waals surface area contributed by atoms with Gasteiger partial charge in [-0.1, -0.05) is 18.5 Å². The van der Waals surface area contributed by atoms with Crippen molar-refractivity contribution >= 4 is 28.8 Å². The number of aliphatic hydroxyl groups excluding tert-OH is 1. The molecule has 182 valence electrons. The predicted molar refractivity (Wildman–Crippen MR) is 128 cm³/mol. The molecule has 0 radical (unpaired) electrons. The van der Waals surface area contributed by atoms with Crippen LogP contribution >= 0.6 is 11.6 Å². The zero-order valence-corrected chi connectivity index (χ0v) is 20.4. The molecule has 34 heavy (non-hydrogen) atoms. The molecule has 2 heterocycles. The standard InChI is InChI=1S/C24H29ClFN5O3/c1-11(2)34-21-16(12(3)23-29-13(4)20-22(27)28-7-8-31(20)23)10-17(25)19(26)18(21)24(33)30-14-5-6-15(32)9-14/h7-8,10-12,14-15,32H,5-6,9H2,1-4H3,(H2,27,28)(H,30,33)/t12-,14?,15-/m0/s1. The monoisotopic (exact) mass is 489 g/mol. The summed E-state index contributed by atoms with van der Waals surface area (Å²) < 4.78 is 23.2. The Morgan fingerprint density at radius 2 is 2.12 bits per heavy atom. The van der Waals surface area contributed by atoms with Crippen molar-refractivity contribution < 1.29 is 19.0 Å². The van der Waals surface area contributed by atoms with Gasteiger partial charge >= 0.3 is 0 Å². The van der Waals surface area contributed by atoms with Crippen LogP contribution < -0.4 is 15.8 Å². The maximum Gasteiger partial charge on any atom is 0.258 e. The van der Waals surface area contributed by atoms with Crippen molar-refractivity contribution in [3.05, 3.63) is 51.9 Å². The van der Waals surface area contributed by atoms with E-state index in [1.165, 1.54) is 6.07 Å². The van der Waals surface area contributed by atoms with Crippen molar-refractivity contribution in [2.75, 3.05) is 5.73 Å². The second kappa shape index (κ2) is 9.38. The van der Waals surface area contributed by atoms with E-state index >= 15 is 4.39 Å². The van der Waals surface area contributed by atoms with E-state index in [2.05, 4.69) is 15.3 Å². The molecule has 1 unspecified atom stereocenters. The molecule has 4 N–H and O–H groups in total. The van der Waals surface area contributed by atoms with Crippen LogP contribution in [0.1, 0.15) is 73.4 Å². The number of nitrogens with two attached hydrogens (primary N) is 1. The number of aliphatic hydroxyl groups is 1. The minimum atomic E-state index is -0.845. The fraction of sp³-hybridized carbons (Fsp3) is 0.458. The van der Waals surface area contributed by atoms with Crippen molar-refractivity contribution in [1.82, 2.24) is 19.7 Å². The molecule has 1 amide bonds. The Morgan fingerprint density at radius 1 is 1.38 bits per heavy atom. The van der Waals surface area contributed by atoms with E-state index in [9.17, 15) is 9.90 Å². The van der Waals surface area contributed by atoms with Crippen LogP contribution in [-0.4, -0.2) is 43.6 Å². The molecule has 10 heteroatoms. The van der Waals surface area contributed by atoms with E-state index in [0.29, 0.717) is 47.7 Å². The van der Waals surface area contributed by atoms with Crippen LogP contribution in [0.25, 0.3) is 5.52 Å². The lowest BCUT2D eigenvalue weighted by atomic mass is 9.95. The number of rotatable bonds is 6. The van der Waals surface area contributed by atoms with Crippen molar-refractivity contribution in [1.29, 1.82) is 0 Å². The van der Waals surface area contributed by atoms with Gasteiger partial charge in [0.05, 0.1) is 22.9 Å². The molecule has 1 fully saturated rings. The number of carbonyl (C=O) groups is 1. The summed E-state index contributed by atoms with van der Waals surface area (Å²) in [5.41, 5.74) is 7.72. The second-order valence-corrected chi connectivity index (χ2v) is 9.48. The van der Waals surface area contributed by atoms with Crippen LogP contribution in [0.2, 0.25) is 5.02 Å². The summed E-state index contributed by atoms with van der Waals surface area (Å²) in [6, 6.07) is 1.24. The number of fused-ring (bicyclic) bond motifs is 1. The molecule has 1 aliphatic carbocycles. The van der Waals surface area contributed by atoms with E-state index in [4.69, 9.17) is 22.1 Å². The van der Waals surface area contributed by atoms with Gasteiger partial charge in [0.2, 0.25) is 0 Å². The lowest BCUT2D eigenvalue weighted by molar-refractivity contribution is 0.0923. The van der Waals surface area contributed by atoms with Gasteiger partial charge in [-0.2, -0.15) is 0 Å². The average molecular weight is 490 g/mol. The summed E-state index contributed by atoms with van der Waals surface area (Å²) in [5, 5.41) is 12.5. The Kier molecular flexibility index (Phi) is 6.69. The summed E-state index contributed by atoms with van der Waals surface area (Å²) in [7, 11) is 0. The van der Waals surface area contributed by atoms with Crippen molar-refractivity contribution in [2.24, 2.45) is 0 Å². The van der Waals surface area contributed by atoms with E-state index in [1.54, 1.807) is 26.2 Å². The lowest BCUT2D eigenvalue weighted by Crippen LogP contribution is -2.34. The Labute approximate surface area is 202 Å². The van der Waals surface area contributed by atoms with Crippen LogP contribution in [0.4, 0.5) is 10.2 Å². The fourth-order valence-corrected chi connectivity index (χ4v) is 4.79. The summed E-state index contributed by atoms with van der Waals surface area (Å²) in [5.74, 6) is -0.794. The normalized spacial score (nSPS) is 19.1. The maximum atomic E-state index is 15.3. The van der Waals surface area contributed by atoms with Crippen LogP contribution in [0, 0.1) is 12.7 Å². The third kappa shape index (κ3) is 4.42. The number of benzene rings is 1. The highest BCUT2D eigenvalue weighted by Gasteiger charge is 2.32. The van der Waals surface area contributed by atoms with Gasteiger partial charge in [0, 0.05) is 29.9 Å². The topological polar surface area (TPSA) is 115 Å². The first kappa shape index (κ1) is 24.2. The molecule has 2 aromatic heterocycles. The molecule has 0 aliphatic heterocycles. The number of imidazole rings is 1. The summed E-state index contributed by atoms with van der Waals surface area (Å²) >= 11 is 6.28. The van der Waals surface area contributed by atoms with Gasteiger partial charge in [-0.15, -0.1) is 0 Å². The molecule has 0 spiro atoms. The molecule has 4 rings (SSSR count). The number of nitrogens with zero attached hydrogens (tertiary/aromatic N) is 3. The Hall–Kier alpha value is -2.91. The molecular formula is C24H29ClFN5O3. The number of carbonyl (C=O) groups excluding carboxylic acids is 1. The molecule has 1 saturated carbocycles. The minimum absolute atomic E-state index is 0.122. The number of amides is 1. The molecule has 0 bridgehead atoms. The number of anilines is 1. The molecule has 3 aromatic rings. The van der Waals surface area contributed by atoms with Gasteiger partial charge < -0.3 is 20.9 Å². The summed E-state index contributed by atoms with van der Waals surface area (Å²) in [6.45, 7) is 7.33. The average Bonchev–Trinajstić information content (AvgIpc) is 3.33. The highest BCUT2D eigenvalue weighted by atomic mass is 35.5. The number of ether oxygens (including phenoxy) is 1. The molecule has 0 saturated heterocycles. The molecule has 8 nitrogen and oxygen atoms in total. The number of hydrogen-bond donors (Lipinski definition) is 3. The zero-order chi connectivity index (χ0) is 24.7. The lowest BCUT2D eigenvalue weighted by Gasteiger charge is -2.23. The van der Waals surface area contributed by atoms with Crippen LogP contribution in [0.3, 0.4) is 0 Å². The van der Waals surface area contributed by atoms with E-state index in [-0.39, 0.29) is 28.5 Å². The van der Waals surface area contributed by atoms with E-state index < -0.39 is 23.7 Å². The maximum absolute atomic E-state index is 15.3. The number of hydrogen-bond acceptors (Lipinski definition) is 6. The highest BCUT2D eigenvalue weighted by Crippen LogP contribution is 2.40. The van der Waals surface area contributed by atoms with Crippen LogP contribution in [0.15, 0.2) is 18.5 Å². The molecule has 1 aliphatic rings. The Morgan fingerprint density at radius 3 is 2.76 bits per heavy atom. The van der Waals surface area contributed by atoms with E-state index in [0.717, 1.165) is 0 Å². The van der Waals surface area contributed by atoms with Gasteiger partial charge in [-0.05, 0) is 46.1 Å². The van der Waals surface area contributed by atoms with Crippen molar-refractivity contribution in [2.45, 2.75) is 71.1 Å². The van der Waals surface area contributed by atoms with Crippen LogP contribution in [0.5, 0.6) is 5.75 Å². The largest absolute Gasteiger partial charge is 0.490 e. The highest BCUT2D eigenvalue weighted by molar-refractivity contribution is 6.31. The van der Waals surface area contributed by atoms with Gasteiger partial charge in [-0.3, -0.25) is 9.20 Å². The molecule has 3 atom stereocenters. The first-order valence-corrected chi connectivity index (χ1v) is 11.7. The Bertz CT molecular complexity index is 1250. The summed E-state index contributed by atoms with van der Waals surface area (Å²) in [4.78, 5) is 22.1. The van der Waals surface area contributed by atoms with E-state index in [1.807, 2.05) is 18.2 Å². The Balaban J connectivity index is 1.84. The fourth-order valence-electron chi connectivity index (χ4n) is 4.58. The SMILES string of the molecule is Cc1nc([C@@H](C)c2cc(Cl)c(F)c(C(=O)NC3CC[C@H](O)C3)c2OC(C)C)n2ccnc(N)c12. The smallest absolute Gasteiger partial charge is 0.258 e. The number of nitrogens with one attached hydrogen (secondary N) is 1. The first-order chi connectivity index (χ1) is 16.1. The van der Waals surface area contributed by atoms with Gasteiger partial charge in [0.15, 0.2) is 5.82 Å². The van der Waals surface area contributed by atoms with Gasteiger partial charge in [0.1, 0.15) is 28.5 Å². The second-order valence-electron chi connectivity index (χ2n) is 9.08. The number of halogens is 2. The third-order valence-electron chi connectivity index (χ3n) is 6.16. The molecular weight excluding hydrogens is 461 g/mol. The summed E-state index contributed by atoms with van der Waals surface area (Å²) in [6.07, 6.45) is 4.16. The third-order valence-corrected chi connectivity index (χ3v) is 6.43. The predicted octanol–water partition coefficient (Wildman–Crippen LogP) is 3.99. The quantitative estimate of drug-likeness (QED) is 0.482. The van der Waals surface area contributed by atoms with Gasteiger partial charge in [-0.25, -0.2) is 14.4 Å². The van der Waals surface area contributed by atoms with Crippen LogP contribution in [-0.2, 0) is 0 Å². The number of nitrogen functional groups attached to an aromatic ring is 1. The number of aryl methyl sites for hydroxylation is 1. The minimum Gasteiger partial charge on any atom is -0.490 e. The van der Waals surface area contributed by atoms with Crippen molar-refractivity contribution in [3.8, 4) is 5.75 Å². The molecule has 1 aromatic carbocycles. The zero-order valence-electron chi connectivity index (χ0n) is 19.6. The number of aromatic nitrogens is 3. The van der Waals surface area contributed by atoms with Gasteiger partial charge in [0.25, 0.3) is 5.91 Å².